The molecule has 0 heterocycles. The second-order valence-corrected chi connectivity index (χ2v) is 6.64. The van der Waals surface area contributed by atoms with Crippen LogP contribution in [-0.2, 0) is 13.2 Å². The number of benzene rings is 2. The molecule has 0 aliphatic carbocycles. The minimum atomic E-state index is 0.472. The molecule has 0 aliphatic rings. The fraction of sp³-hybridized carbons (Fsp3) is 0.400. The van der Waals surface area contributed by atoms with Gasteiger partial charge >= 0.3 is 0 Å². The van der Waals surface area contributed by atoms with Gasteiger partial charge in [-0.15, -0.1) is 0 Å². The summed E-state index contributed by atoms with van der Waals surface area (Å²) in [5.74, 6) is 2.00. The highest BCUT2D eigenvalue weighted by atomic mass is 35.5. The monoisotopic (exact) mass is 348 g/mol. The van der Waals surface area contributed by atoms with Gasteiger partial charge in [-0.05, 0) is 24.6 Å². The molecule has 2 aromatic rings. The Hall–Kier alpha value is -1.71. The lowest BCUT2D eigenvalue weighted by atomic mass is 10.1. The standard InChI is InChI=1S/C20H26ClNO2/c1-4-23-19-11-17(13-22-12-15(2)3)10-18(21)20(19)24-14-16-8-6-5-7-9-16/h5-11,15,22H,4,12-14H2,1-3H3/p+1. The number of halogens is 1. The third-order valence-corrected chi connectivity index (χ3v) is 3.89. The summed E-state index contributed by atoms with van der Waals surface area (Å²) in [5, 5.41) is 2.89. The molecule has 2 N–H and O–H groups in total. The van der Waals surface area contributed by atoms with E-state index in [1.165, 1.54) is 0 Å². The van der Waals surface area contributed by atoms with Gasteiger partial charge < -0.3 is 14.8 Å². The summed E-state index contributed by atoms with van der Waals surface area (Å²) in [6, 6.07) is 14.1. The van der Waals surface area contributed by atoms with Crippen LogP contribution < -0.4 is 14.8 Å². The topological polar surface area (TPSA) is 35.1 Å². The molecular formula is C20H27ClNO2+. The van der Waals surface area contributed by atoms with Crippen LogP contribution in [0.4, 0.5) is 0 Å². The van der Waals surface area contributed by atoms with Gasteiger partial charge in [-0.2, -0.15) is 0 Å². The maximum absolute atomic E-state index is 6.46. The van der Waals surface area contributed by atoms with Gasteiger partial charge in [0.05, 0.1) is 18.2 Å². The van der Waals surface area contributed by atoms with Gasteiger partial charge in [-0.3, -0.25) is 0 Å². The van der Waals surface area contributed by atoms with Crippen molar-refractivity contribution in [2.24, 2.45) is 5.92 Å². The van der Waals surface area contributed by atoms with Crippen molar-refractivity contribution in [3.63, 3.8) is 0 Å². The Morgan fingerprint density at radius 2 is 1.79 bits per heavy atom. The first-order chi connectivity index (χ1) is 11.6. The van der Waals surface area contributed by atoms with Crippen LogP contribution in [-0.4, -0.2) is 13.2 Å². The lowest BCUT2D eigenvalue weighted by Crippen LogP contribution is -2.83. The quantitative estimate of drug-likeness (QED) is 0.742. The van der Waals surface area contributed by atoms with Crippen LogP contribution in [0.25, 0.3) is 0 Å². The number of ether oxygens (including phenoxy) is 2. The Kier molecular flexibility index (Phi) is 7.41. The number of hydrogen-bond acceptors (Lipinski definition) is 2. The second-order valence-electron chi connectivity index (χ2n) is 6.23. The van der Waals surface area contributed by atoms with Gasteiger partial charge in [0.15, 0.2) is 11.5 Å². The molecule has 0 radical (unpaired) electrons. The summed E-state index contributed by atoms with van der Waals surface area (Å²) in [6.45, 7) is 9.43. The summed E-state index contributed by atoms with van der Waals surface area (Å²) < 4.78 is 11.7. The van der Waals surface area contributed by atoms with E-state index in [0.29, 0.717) is 35.7 Å². The second kappa shape index (κ2) is 9.55. The normalized spacial score (nSPS) is 10.9. The highest BCUT2D eigenvalue weighted by Gasteiger charge is 2.14. The predicted octanol–water partition coefficient (Wildman–Crippen LogP) is 4.04. The van der Waals surface area contributed by atoms with Crippen LogP contribution in [0.5, 0.6) is 11.5 Å². The molecule has 0 aromatic heterocycles. The summed E-state index contributed by atoms with van der Waals surface area (Å²) in [4.78, 5) is 0. The first-order valence-corrected chi connectivity index (χ1v) is 8.91. The van der Waals surface area contributed by atoms with Crippen molar-refractivity contribution in [2.45, 2.75) is 33.9 Å². The smallest absolute Gasteiger partial charge is 0.180 e. The highest BCUT2D eigenvalue weighted by molar-refractivity contribution is 6.32. The van der Waals surface area contributed by atoms with E-state index in [2.05, 4.69) is 19.2 Å². The van der Waals surface area contributed by atoms with Gasteiger partial charge in [0.25, 0.3) is 0 Å². The summed E-state index contributed by atoms with van der Waals surface area (Å²) in [5.41, 5.74) is 2.25. The van der Waals surface area contributed by atoms with Crippen LogP contribution in [0, 0.1) is 5.92 Å². The lowest BCUT2D eigenvalue weighted by Gasteiger charge is -2.15. The van der Waals surface area contributed by atoms with Crippen molar-refractivity contribution >= 4 is 11.6 Å². The Morgan fingerprint density at radius 1 is 1.04 bits per heavy atom. The molecule has 0 amide bonds. The van der Waals surface area contributed by atoms with E-state index in [1.807, 2.05) is 49.4 Å². The average molecular weight is 349 g/mol. The van der Waals surface area contributed by atoms with E-state index in [-0.39, 0.29) is 0 Å². The predicted molar refractivity (Wildman–Crippen MR) is 98.7 cm³/mol. The van der Waals surface area contributed by atoms with Gasteiger partial charge in [0.2, 0.25) is 0 Å². The Bertz CT molecular complexity index is 629. The molecule has 0 spiro atoms. The minimum absolute atomic E-state index is 0.472. The first kappa shape index (κ1) is 18.6. The van der Waals surface area contributed by atoms with E-state index >= 15 is 0 Å². The molecule has 3 nitrogen and oxygen atoms in total. The third kappa shape index (κ3) is 5.73. The van der Waals surface area contributed by atoms with Crippen molar-refractivity contribution < 1.29 is 14.8 Å². The number of rotatable bonds is 9. The SMILES string of the molecule is CCOc1cc(C[NH2+]CC(C)C)cc(Cl)c1OCc1ccccc1. The number of nitrogens with two attached hydrogens (primary N) is 1. The lowest BCUT2D eigenvalue weighted by molar-refractivity contribution is -0.675. The zero-order valence-electron chi connectivity index (χ0n) is 14.7. The summed E-state index contributed by atoms with van der Waals surface area (Å²) in [6.07, 6.45) is 0. The van der Waals surface area contributed by atoms with Crippen molar-refractivity contribution in [3.8, 4) is 11.5 Å². The summed E-state index contributed by atoms with van der Waals surface area (Å²) in [7, 11) is 0. The molecule has 0 bridgehead atoms. The zero-order valence-corrected chi connectivity index (χ0v) is 15.5. The Labute approximate surface area is 149 Å². The van der Waals surface area contributed by atoms with Gasteiger partial charge in [0.1, 0.15) is 13.2 Å². The Balaban J connectivity index is 2.11. The van der Waals surface area contributed by atoms with Crippen LogP contribution in [0.3, 0.4) is 0 Å². The van der Waals surface area contributed by atoms with Gasteiger partial charge in [0, 0.05) is 11.5 Å². The fourth-order valence-corrected chi connectivity index (χ4v) is 2.74. The zero-order chi connectivity index (χ0) is 17.4. The van der Waals surface area contributed by atoms with Crippen LogP contribution in [0.2, 0.25) is 5.02 Å². The third-order valence-electron chi connectivity index (χ3n) is 3.61. The number of quaternary nitrogens is 1. The molecule has 0 unspecified atom stereocenters. The van der Waals surface area contributed by atoms with E-state index in [9.17, 15) is 0 Å². The molecule has 2 aromatic carbocycles. The van der Waals surface area contributed by atoms with E-state index in [1.54, 1.807) is 0 Å². The molecule has 4 heteroatoms. The molecule has 0 aliphatic heterocycles. The molecule has 130 valence electrons. The Morgan fingerprint density at radius 3 is 2.46 bits per heavy atom. The van der Waals surface area contributed by atoms with Crippen molar-refractivity contribution in [2.75, 3.05) is 13.2 Å². The summed E-state index contributed by atoms with van der Waals surface area (Å²) >= 11 is 6.46. The van der Waals surface area contributed by atoms with E-state index < -0.39 is 0 Å². The van der Waals surface area contributed by atoms with Gasteiger partial charge in [-0.1, -0.05) is 55.8 Å². The maximum Gasteiger partial charge on any atom is 0.180 e. The van der Waals surface area contributed by atoms with Crippen LogP contribution in [0.1, 0.15) is 31.9 Å². The average Bonchev–Trinajstić information content (AvgIpc) is 2.55. The molecule has 0 saturated heterocycles. The fourth-order valence-electron chi connectivity index (χ4n) is 2.46. The molecule has 0 atom stereocenters. The van der Waals surface area contributed by atoms with E-state index in [4.69, 9.17) is 21.1 Å². The maximum atomic E-state index is 6.46. The van der Waals surface area contributed by atoms with Gasteiger partial charge in [-0.25, -0.2) is 0 Å². The van der Waals surface area contributed by atoms with Crippen molar-refractivity contribution in [1.29, 1.82) is 0 Å². The molecule has 2 rings (SSSR count). The van der Waals surface area contributed by atoms with Crippen molar-refractivity contribution in [1.82, 2.24) is 0 Å². The molecular weight excluding hydrogens is 322 g/mol. The molecule has 24 heavy (non-hydrogen) atoms. The largest absolute Gasteiger partial charge is 0.490 e. The minimum Gasteiger partial charge on any atom is -0.490 e. The number of hydrogen-bond donors (Lipinski definition) is 1. The first-order valence-electron chi connectivity index (χ1n) is 8.53. The highest BCUT2D eigenvalue weighted by Crippen LogP contribution is 2.37. The molecule has 0 saturated carbocycles. The van der Waals surface area contributed by atoms with Crippen LogP contribution >= 0.6 is 11.6 Å². The van der Waals surface area contributed by atoms with Crippen molar-refractivity contribution in [3.05, 3.63) is 58.6 Å². The van der Waals surface area contributed by atoms with E-state index in [0.717, 1.165) is 24.2 Å². The van der Waals surface area contributed by atoms with Crippen LogP contribution in [0.15, 0.2) is 42.5 Å². The molecule has 0 fully saturated rings.